The molecule has 70 valence electrons. The molecule has 0 radical (unpaired) electrons. The van der Waals surface area contributed by atoms with E-state index in [2.05, 4.69) is 5.32 Å². The normalized spacial score (nSPS) is 35.1. The highest BCUT2D eigenvalue weighted by atomic mass is 16.5. The van der Waals surface area contributed by atoms with Crippen LogP contribution in [0.2, 0.25) is 0 Å². The lowest BCUT2D eigenvalue weighted by Gasteiger charge is -2.15. The van der Waals surface area contributed by atoms with Gasteiger partial charge in [-0.2, -0.15) is 0 Å². The van der Waals surface area contributed by atoms with Crippen LogP contribution in [0.25, 0.3) is 0 Å². The van der Waals surface area contributed by atoms with Crippen molar-refractivity contribution < 1.29 is 19.7 Å². The van der Waals surface area contributed by atoms with Gasteiger partial charge in [0.05, 0.1) is 19.3 Å². The van der Waals surface area contributed by atoms with E-state index in [1.807, 2.05) is 0 Å². The van der Waals surface area contributed by atoms with E-state index >= 15 is 0 Å². The van der Waals surface area contributed by atoms with Crippen molar-refractivity contribution in [1.29, 1.82) is 0 Å². The number of carbonyl (C=O) groups excluding carboxylic acids is 1. The number of hydrogen-bond acceptors (Lipinski definition) is 4. The van der Waals surface area contributed by atoms with Crippen LogP contribution >= 0.6 is 0 Å². The van der Waals surface area contributed by atoms with Crippen LogP contribution in [0.3, 0.4) is 0 Å². The maximum absolute atomic E-state index is 10.6. The molecule has 3 N–H and O–H groups in total. The average molecular weight is 175 g/mol. The molecule has 0 bridgehead atoms. The molecule has 0 spiro atoms. The Morgan fingerprint density at radius 1 is 1.75 bits per heavy atom. The highest BCUT2D eigenvalue weighted by Gasteiger charge is 2.35. The third-order valence-corrected chi connectivity index (χ3v) is 1.85. The molecule has 3 atom stereocenters. The number of aliphatic hydroxyl groups excluding tert-OH is 2. The molecular weight excluding hydrogens is 162 g/mol. The van der Waals surface area contributed by atoms with Gasteiger partial charge in [0.2, 0.25) is 5.91 Å². The summed E-state index contributed by atoms with van der Waals surface area (Å²) < 4.78 is 5.01. The van der Waals surface area contributed by atoms with Gasteiger partial charge in [0, 0.05) is 6.92 Å². The van der Waals surface area contributed by atoms with Crippen LogP contribution < -0.4 is 5.32 Å². The van der Waals surface area contributed by atoms with Crippen molar-refractivity contribution in [1.82, 2.24) is 5.32 Å². The number of hydrogen-bond donors (Lipinski definition) is 3. The summed E-state index contributed by atoms with van der Waals surface area (Å²) >= 11 is 0. The summed E-state index contributed by atoms with van der Waals surface area (Å²) in [4.78, 5) is 10.6. The molecule has 1 saturated heterocycles. The van der Waals surface area contributed by atoms with Gasteiger partial charge in [0.25, 0.3) is 0 Å². The molecule has 0 unspecified atom stereocenters. The van der Waals surface area contributed by atoms with Gasteiger partial charge in [-0.3, -0.25) is 4.79 Å². The molecule has 1 aliphatic heterocycles. The molecule has 0 aromatic rings. The van der Waals surface area contributed by atoms with Crippen LogP contribution in [0.15, 0.2) is 0 Å². The van der Waals surface area contributed by atoms with Crippen molar-refractivity contribution in [3.05, 3.63) is 0 Å². The SMILES string of the molecule is CC(=O)N[C@@H]1CO[C@H](CO)[C@H]1O. The molecule has 1 heterocycles. The Hall–Kier alpha value is -0.650. The van der Waals surface area contributed by atoms with E-state index in [0.717, 1.165) is 0 Å². The van der Waals surface area contributed by atoms with Crippen molar-refractivity contribution in [2.75, 3.05) is 13.2 Å². The van der Waals surface area contributed by atoms with Crippen LogP contribution in [0.4, 0.5) is 0 Å². The first-order valence-electron chi connectivity index (χ1n) is 3.82. The maximum atomic E-state index is 10.6. The number of aliphatic hydroxyl groups is 2. The van der Waals surface area contributed by atoms with Gasteiger partial charge in [-0.15, -0.1) is 0 Å². The van der Waals surface area contributed by atoms with Crippen molar-refractivity contribution >= 4 is 5.91 Å². The first-order valence-corrected chi connectivity index (χ1v) is 3.82. The van der Waals surface area contributed by atoms with Gasteiger partial charge in [-0.05, 0) is 0 Å². The van der Waals surface area contributed by atoms with Crippen LogP contribution in [0.1, 0.15) is 6.92 Å². The molecule has 0 aliphatic carbocycles. The summed E-state index contributed by atoms with van der Waals surface area (Å²) in [6, 6.07) is -0.389. The molecule has 1 rings (SSSR count). The minimum absolute atomic E-state index is 0.207. The second-order valence-corrected chi connectivity index (χ2v) is 2.85. The first kappa shape index (κ1) is 9.44. The lowest BCUT2D eigenvalue weighted by atomic mass is 10.1. The molecular formula is C7H13NO4. The highest BCUT2D eigenvalue weighted by Crippen LogP contribution is 2.13. The molecule has 0 aromatic carbocycles. The second-order valence-electron chi connectivity index (χ2n) is 2.85. The van der Waals surface area contributed by atoms with Crippen LogP contribution in [-0.2, 0) is 9.53 Å². The second kappa shape index (κ2) is 3.84. The van der Waals surface area contributed by atoms with E-state index in [-0.39, 0.29) is 25.2 Å². The smallest absolute Gasteiger partial charge is 0.217 e. The number of rotatable bonds is 2. The van der Waals surface area contributed by atoms with E-state index in [4.69, 9.17) is 9.84 Å². The number of carbonyl (C=O) groups is 1. The Balaban J connectivity index is 2.43. The van der Waals surface area contributed by atoms with E-state index in [0.29, 0.717) is 0 Å². The van der Waals surface area contributed by atoms with Crippen molar-refractivity contribution in [2.45, 2.75) is 25.2 Å². The Morgan fingerprint density at radius 2 is 2.42 bits per heavy atom. The third kappa shape index (κ3) is 1.94. The van der Waals surface area contributed by atoms with Gasteiger partial charge in [-0.1, -0.05) is 0 Å². The largest absolute Gasteiger partial charge is 0.394 e. The van der Waals surface area contributed by atoms with E-state index < -0.39 is 12.2 Å². The van der Waals surface area contributed by atoms with Crippen LogP contribution in [0.5, 0.6) is 0 Å². The topological polar surface area (TPSA) is 78.8 Å². The zero-order chi connectivity index (χ0) is 9.14. The van der Waals surface area contributed by atoms with Gasteiger partial charge >= 0.3 is 0 Å². The standard InChI is InChI=1S/C7H13NO4/c1-4(10)8-5-3-12-6(2-9)7(5)11/h5-7,9,11H,2-3H2,1H3,(H,8,10)/t5-,6-,7+/m1/s1. The fraction of sp³-hybridized carbons (Fsp3) is 0.857. The summed E-state index contributed by atoms with van der Waals surface area (Å²) in [5, 5.41) is 20.6. The lowest BCUT2D eigenvalue weighted by molar-refractivity contribution is -0.120. The average Bonchev–Trinajstić information content (AvgIpc) is 2.32. The summed E-state index contributed by atoms with van der Waals surface area (Å²) in [5.74, 6) is -0.207. The molecule has 12 heavy (non-hydrogen) atoms. The molecule has 5 nitrogen and oxygen atoms in total. The van der Waals surface area contributed by atoms with Crippen molar-refractivity contribution in [2.24, 2.45) is 0 Å². The zero-order valence-corrected chi connectivity index (χ0v) is 6.86. The minimum Gasteiger partial charge on any atom is -0.394 e. The molecule has 1 fully saturated rings. The fourth-order valence-electron chi connectivity index (χ4n) is 1.23. The van der Waals surface area contributed by atoms with Crippen molar-refractivity contribution in [3.63, 3.8) is 0 Å². The van der Waals surface area contributed by atoms with E-state index in [1.165, 1.54) is 6.92 Å². The third-order valence-electron chi connectivity index (χ3n) is 1.85. The van der Waals surface area contributed by atoms with Gasteiger partial charge < -0.3 is 20.3 Å². The predicted molar refractivity (Wildman–Crippen MR) is 40.4 cm³/mol. The first-order chi connectivity index (χ1) is 5.65. The Kier molecular flexibility index (Phi) is 3.02. The number of amides is 1. The van der Waals surface area contributed by atoms with Gasteiger partial charge in [-0.25, -0.2) is 0 Å². The summed E-state index contributed by atoms with van der Waals surface area (Å²) in [7, 11) is 0. The van der Waals surface area contributed by atoms with E-state index in [9.17, 15) is 9.90 Å². The number of ether oxygens (including phenoxy) is 1. The quantitative estimate of drug-likeness (QED) is 0.464. The summed E-state index contributed by atoms with van der Waals surface area (Å²) in [6.45, 7) is 1.40. The van der Waals surface area contributed by atoms with Gasteiger partial charge in [0.1, 0.15) is 12.2 Å². The monoisotopic (exact) mass is 175 g/mol. The zero-order valence-electron chi connectivity index (χ0n) is 6.86. The highest BCUT2D eigenvalue weighted by molar-refractivity contribution is 5.73. The van der Waals surface area contributed by atoms with Crippen molar-refractivity contribution in [3.8, 4) is 0 Å². The number of nitrogens with one attached hydrogen (secondary N) is 1. The molecule has 1 aliphatic rings. The van der Waals surface area contributed by atoms with Crippen LogP contribution in [-0.4, -0.2) is 47.6 Å². The maximum Gasteiger partial charge on any atom is 0.217 e. The lowest BCUT2D eigenvalue weighted by Crippen LogP contribution is -2.44. The minimum atomic E-state index is -0.807. The summed E-state index contributed by atoms with van der Waals surface area (Å²) in [5.41, 5.74) is 0. The Morgan fingerprint density at radius 3 is 2.83 bits per heavy atom. The van der Waals surface area contributed by atoms with Gasteiger partial charge in [0.15, 0.2) is 0 Å². The fourth-order valence-corrected chi connectivity index (χ4v) is 1.23. The molecule has 0 saturated carbocycles. The molecule has 5 heteroatoms. The predicted octanol–water partition coefficient (Wildman–Crippen LogP) is -1.76. The molecule has 1 amide bonds. The Labute approximate surface area is 70.3 Å². The van der Waals surface area contributed by atoms with E-state index in [1.54, 1.807) is 0 Å². The summed E-state index contributed by atoms with van der Waals surface area (Å²) in [6.07, 6.45) is -1.37. The van der Waals surface area contributed by atoms with Crippen LogP contribution in [0, 0.1) is 0 Å². The Bertz CT molecular complexity index is 173. The molecule has 0 aromatic heterocycles.